The smallest absolute Gasteiger partial charge is 0.223 e. The molecule has 22 heavy (non-hydrogen) atoms. The zero-order valence-electron chi connectivity index (χ0n) is 13.9. The van der Waals surface area contributed by atoms with Crippen LogP contribution < -0.4 is 5.43 Å². The van der Waals surface area contributed by atoms with E-state index in [1.165, 1.54) is 38.2 Å². The highest BCUT2D eigenvalue weighted by Crippen LogP contribution is 2.26. The fraction of sp³-hybridized carbons (Fsp3) is 0.706. The fourth-order valence-corrected chi connectivity index (χ4v) is 3.52. The van der Waals surface area contributed by atoms with Crippen LogP contribution >= 0.6 is 0 Å². The summed E-state index contributed by atoms with van der Waals surface area (Å²) in [6.45, 7) is 4.31. The zero-order chi connectivity index (χ0) is 16.3. The molecular weight excluding hydrogens is 280 g/mol. The van der Waals surface area contributed by atoms with Gasteiger partial charge in [-0.25, -0.2) is 0 Å². The molecule has 1 saturated carbocycles. The predicted octanol–water partition coefficient (Wildman–Crippen LogP) is 2.39. The second-order valence-electron chi connectivity index (χ2n) is 6.62. The molecular formula is C17H28N2O3. The topological polar surface area (TPSA) is 65.7 Å². The second-order valence-corrected chi connectivity index (χ2v) is 6.62. The Morgan fingerprint density at radius 1 is 1.32 bits per heavy atom. The maximum Gasteiger partial charge on any atom is 0.223 e. The van der Waals surface area contributed by atoms with Crippen molar-refractivity contribution in [3.63, 3.8) is 0 Å². The van der Waals surface area contributed by atoms with Crippen molar-refractivity contribution in [1.82, 2.24) is 9.47 Å². The van der Waals surface area contributed by atoms with Gasteiger partial charge in [0.1, 0.15) is 0 Å². The molecule has 1 aliphatic carbocycles. The van der Waals surface area contributed by atoms with E-state index in [1.54, 1.807) is 0 Å². The summed E-state index contributed by atoms with van der Waals surface area (Å²) >= 11 is 0. The fourth-order valence-electron chi connectivity index (χ4n) is 3.52. The molecule has 124 valence electrons. The molecule has 0 atom stereocenters. The molecule has 0 bridgehead atoms. The van der Waals surface area contributed by atoms with Gasteiger partial charge in [-0.2, -0.15) is 0 Å². The molecule has 1 fully saturated rings. The van der Waals surface area contributed by atoms with Crippen molar-refractivity contribution in [2.24, 2.45) is 0 Å². The maximum atomic E-state index is 12.0. The molecule has 0 radical (unpaired) electrons. The van der Waals surface area contributed by atoms with Crippen LogP contribution in [-0.2, 0) is 13.2 Å². The summed E-state index contributed by atoms with van der Waals surface area (Å²) in [6.07, 6.45) is 6.13. The maximum absolute atomic E-state index is 12.0. The minimum atomic E-state index is -0.409. The standard InChI is InChI=1S/C17H28N2O3/c1-12(2)19-14(11-20)9-16(21)17(22)15(19)10-18(3)13-7-5-4-6-8-13/h9,12-13,20,22H,4-8,10-11H2,1-3H3. The van der Waals surface area contributed by atoms with Gasteiger partial charge < -0.3 is 14.8 Å². The van der Waals surface area contributed by atoms with Crippen LogP contribution in [0.5, 0.6) is 5.75 Å². The van der Waals surface area contributed by atoms with Gasteiger partial charge in [-0.1, -0.05) is 19.3 Å². The highest BCUT2D eigenvalue weighted by Gasteiger charge is 2.22. The molecule has 1 aromatic rings. The van der Waals surface area contributed by atoms with E-state index in [9.17, 15) is 15.0 Å². The van der Waals surface area contributed by atoms with Crippen molar-refractivity contribution >= 4 is 0 Å². The molecule has 2 rings (SSSR count). The van der Waals surface area contributed by atoms with E-state index in [1.807, 2.05) is 18.4 Å². The van der Waals surface area contributed by atoms with E-state index in [4.69, 9.17) is 0 Å². The lowest BCUT2D eigenvalue weighted by Gasteiger charge is -2.33. The van der Waals surface area contributed by atoms with Crippen molar-refractivity contribution in [3.8, 4) is 5.75 Å². The molecule has 0 aromatic carbocycles. The molecule has 1 heterocycles. The predicted molar refractivity (Wildman–Crippen MR) is 87.0 cm³/mol. The first kappa shape index (κ1) is 17.0. The van der Waals surface area contributed by atoms with E-state index in [-0.39, 0.29) is 18.4 Å². The lowest BCUT2D eigenvalue weighted by atomic mass is 9.94. The number of aromatic hydroxyl groups is 1. The molecule has 5 nitrogen and oxygen atoms in total. The second kappa shape index (κ2) is 7.29. The number of aliphatic hydroxyl groups is 1. The molecule has 2 N–H and O–H groups in total. The highest BCUT2D eigenvalue weighted by molar-refractivity contribution is 5.30. The van der Waals surface area contributed by atoms with Gasteiger partial charge in [-0.15, -0.1) is 0 Å². The van der Waals surface area contributed by atoms with Gasteiger partial charge in [0.15, 0.2) is 5.75 Å². The molecule has 0 spiro atoms. The monoisotopic (exact) mass is 308 g/mol. The highest BCUT2D eigenvalue weighted by atomic mass is 16.3. The first-order chi connectivity index (χ1) is 10.5. The molecule has 1 aromatic heterocycles. The van der Waals surface area contributed by atoms with Crippen molar-refractivity contribution in [2.75, 3.05) is 7.05 Å². The molecule has 1 aliphatic rings. The van der Waals surface area contributed by atoms with Crippen LogP contribution in [0.2, 0.25) is 0 Å². The first-order valence-electron chi connectivity index (χ1n) is 8.23. The Hall–Kier alpha value is -1.33. The summed E-state index contributed by atoms with van der Waals surface area (Å²) in [4.78, 5) is 14.2. The molecule has 0 unspecified atom stereocenters. The lowest BCUT2D eigenvalue weighted by molar-refractivity contribution is 0.176. The van der Waals surface area contributed by atoms with Crippen LogP contribution in [0.3, 0.4) is 0 Å². The van der Waals surface area contributed by atoms with Gasteiger partial charge in [-0.05, 0) is 33.7 Å². The molecule has 0 saturated heterocycles. The van der Waals surface area contributed by atoms with Gasteiger partial charge in [0.25, 0.3) is 0 Å². The largest absolute Gasteiger partial charge is 0.503 e. The third kappa shape index (κ3) is 3.52. The van der Waals surface area contributed by atoms with E-state index < -0.39 is 5.43 Å². The van der Waals surface area contributed by atoms with E-state index in [2.05, 4.69) is 11.9 Å². The van der Waals surface area contributed by atoms with Crippen molar-refractivity contribution in [2.45, 2.75) is 71.2 Å². The third-order valence-electron chi connectivity index (χ3n) is 4.68. The number of nitrogens with zero attached hydrogens (tertiary/aromatic N) is 2. The minimum absolute atomic E-state index is 0.0726. The Morgan fingerprint density at radius 3 is 2.50 bits per heavy atom. The normalized spacial score (nSPS) is 16.6. The average Bonchev–Trinajstić information content (AvgIpc) is 2.51. The molecule has 0 amide bonds. The van der Waals surface area contributed by atoms with Crippen LogP contribution in [0, 0.1) is 0 Å². The van der Waals surface area contributed by atoms with E-state index in [0.29, 0.717) is 24.0 Å². The Labute approximate surface area is 132 Å². The number of aromatic nitrogens is 1. The summed E-state index contributed by atoms with van der Waals surface area (Å²) in [7, 11) is 2.05. The Bertz CT molecular complexity index is 560. The van der Waals surface area contributed by atoms with Gasteiger partial charge in [0.2, 0.25) is 5.43 Å². The van der Waals surface area contributed by atoms with Crippen LogP contribution in [0.1, 0.15) is 63.4 Å². The van der Waals surface area contributed by atoms with E-state index >= 15 is 0 Å². The van der Waals surface area contributed by atoms with Gasteiger partial charge in [-0.3, -0.25) is 9.69 Å². The van der Waals surface area contributed by atoms with Crippen molar-refractivity contribution in [3.05, 3.63) is 27.7 Å². The van der Waals surface area contributed by atoms with Gasteiger partial charge in [0, 0.05) is 30.4 Å². The van der Waals surface area contributed by atoms with Crippen LogP contribution in [-0.4, -0.2) is 32.8 Å². The third-order valence-corrected chi connectivity index (χ3v) is 4.68. The number of hydrogen-bond acceptors (Lipinski definition) is 4. The Balaban J connectivity index is 2.35. The quantitative estimate of drug-likeness (QED) is 0.876. The van der Waals surface area contributed by atoms with E-state index in [0.717, 1.165) is 0 Å². The minimum Gasteiger partial charge on any atom is -0.503 e. The van der Waals surface area contributed by atoms with Crippen LogP contribution in [0.15, 0.2) is 10.9 Å². The number of pyridine rings is 1. The summed E-state index contributed by atoms with van der Waals surface area (Å²) in [5.74, 6) is -0.187. The van der Waals surface area contributed by atoms with Crippen molar-refractivity contribution in [1.29, 1.82) is 0 Å². The van der Waals surface area contributed by atoms with Crippen molar-refractivity contribution < 1.29 is 10.2 Å². The summed E-state index contributed by atoms with van der Waals surface area (Å²) in [5, 5.41) is 19.8. The lowest BCUT2D eigenvalue weighted by Crippen LogP contribution is -2.35. The Kier molecular flexibility index (Phi) is 5.64. The Morgan fingerprint density at radius 2 is 1.95 bits per heavy atom. The number of hydrogen-bond donors (Lipinski definition) is 2. The van der Waals surface area contributed by atoms with Gasteiger partial charge in [0.05, 0.1) is 12.3 Å². The summed E-state index contributed by atoms with van der Waals surface area (Å²) in [5.41, 5.74) is 0.762. The van der Waals surface area contributed by atoms with Crippen LogP contribution in [0.4, 0.5) is 0 Å². The number of aliphatic hydroxyl groups excluding tert-OH is 1. The summed E-state index contributed by atoms with van der Waals surface area (Å²) < 4.78 is 1.88. The first-order valence-corrected chi connectivity index (χ1v) is 8.23. The summed E-state index contributed by atoms with van der Waals surface area (Å²) in [6, 6.07) is 1.91. The zero-order valence-corrected chi connectivity index (χ0v) is 13.9. The SMILES string of the molecule is CC(C)n1c(CO)cc(=O)c(O)c1CN(C)C1CCCCC1. The average molecular weight is 308 g/mol. The molecule has 0 aliphatic heterocycles. The molecule has 5 heteroatoms. The number of rotatable bonds is 5. The van der Waals surface area contributed by atoms with Gasteiger partial charge >= 0.3 is 0 Å². The van der Waals surface area contributed by atoms with Crippen LogP contribution in [0.25, 0.3) is 0 Å².